The summed E-state index contributed by atoms with van der Waals surface area (Å²) >= 11 is 0. The van der Waals surface area contributed by atoms with Crippen LogP contribution in [0.5, 0.6) is 0 Å². The van der Waals surface area contributed by atoms with Gasteiger partial charge < -0.3 is 5.32 Å². The van der Waals surface area contributed by atoms with Gasteiger partial charge in [0.15, 0.2) is 5.78 Å². The van der Waals surface area contributed by atoms with Gasteiger partial charge in [-0.2, -0.15) is 0 Å². The third-order valence-electron chi connectivity index (χ3n) is 1.59. The highest BCUT2D eigenvalue weighted by Gasteiger charge is 1.97. The molecule has 63 valence electrons. The molecule has 0 saturated heterocycles. The molecule has 0 aromatic heterocycles. The largest absolute Gasteiger partial charge is 0.385 e. The van der Waals surface area contributed by atoms with Crippen LogP contribution in [0.15, 0.2) is 18.2 Å². The first-order valence-corrected chi connectivity index (χ1v) is 4.00. The smallest absolute Gasteiger partial charge is 0.159 e. The SMILES string of the molecule is CCNc1[c]cc(C(C)=O)cc1. The third kappa shape index (κ3) is 2.09. The van der Waals surface area contributed by atoms with Gasteiger partial charge in [0.05, 0.1) is 0 Å². The van der Waals surface area contributed by atoms with Crippen molar-refractivity contribution in [3.05, 3.63) is 29.8 Å². The van der Waals surface area contributed by atoms with Crippen LogP contribution in [0, 0.1) is 6.07 Å². The van der Waals surface area contributed by atoms with Crippen molar-refractivity contribution in [3.8, 4) is 0 Å². The van der Waals surface area contributed by atoms with Crippen LogP contribution in [0.2, 0.25) is 0 Å². The normalized spacial score (nSPS) is 9.50. The lowest BCUT2D eigenvalue weighted by Gasteiger charge is -2.01. The van der Waals surface area contributed by atoms with Crippen LogP contribution >= 0.6 is 0 Å². The van der Waals surface area contributed by atoms with Crippen LogP contribution in [-0.2, 0) is 0 Å². The minimum absolute atomic E-state index is 0.0781. The molecule has 1 aromatic carbocycles. The second kappa shape index (κ2) is 3.90. The maximum atomic E-state index is 10.9. The quantitative estimate of drug-likeness (QED) is 0.690. The first-order chi connectivity index (χ1) is 5.74. The van der Waals surface area contributed by atoms with Crippen molar-refractivity contribution in [2.75, 3.05) is 11.9 Å². The summed E-state index contributed by atoms with van der Waals surface area (Å²) in [5, 5.41) is 3.11. The molecule has 0 bridgehead atoms. The van der Waals surface area contributed by atoms with E-state index in [-0.39, 0.29) is 5.78 Å². The lowest BCUT2D eigenvalue weighted by Crippen LogP contribution is -1.97. The van der Waals surface area contributed by atoms with Gasteiger partial charge in [0.25, 0.3) is 0 Å². The second-order valence-corrected chi connectivity index (χ2v) is 2.58. The van der Waals surface area contributed by atoms with Crippen molar-refractivity contribution in [2.24, 2.45) is 0 Å². The number of nitrogens with one attached hydrogen (secondary N) is 1. The van der Waals surface area contributed by atoms with E-state index in [4.69, 9.17) is 0 Å². The predicted octanol–water partition coefficient (Wildman–Crippen LogP) is 2.12. The number of Topliss-reactive ketones (excluding diaryl/α,β-unsaturated/α-hetero) is 1. The van der Waals surface area contributed by atoms with E-state index in [1.807, 2.05) is 13.0 Å². The summed E-state index contributed by atoms with van der Waals surface area (Å²) in [6.45, 7) is 4.44. The van der Waals surface area contributed by atoms with E-state index >= 15 is 0 Å². The highest BCUT2D eigenvalue weighted by Crippen LogP contribution is 2.08. The Hall–Kier alpha value is -1.31. The summed E-state index contributed by atoms with van der Waals surface area (Å²) in [6, 6.07) is 8.36. The van der Waals surface area contributed by atoms with Crippen LogP contribution in [0.4, 0.5) is 5.69 Å². The van der Waals surface area contributed by atoms with Gasteiger partial charge in [0.2, 0.25) is 0 Å². The Morgan fingerprint density at radius 1 is 1.58 bits per heavy atom. The number of ketones is 1. The Labute approximate surface area is 72.6 Å². The zero-order chi connectivity index (χ0) is 8.97. The highest BCUT2D eigenvalue weighted by molar-refractivity contribution is 5.94. The van der Waals surface area contributed by atoms with E-state index in [1.54, 1.807) is 19.1 Å². The Morgan fingerprint density at radius 2 is 2.33 bits per heavy atom. The Morgan fingerprint density at radius 3 is 2.75 bits per heavy atom. The number of carbonyl (C=O) groups excluding carboxylic acids is 1. The molecule has 0 aliphatic carbocycles. The van der Waals surface area contributed by atoms with Crippen molar-refractivity contribution in [2.45, 2.75) is 13.8 Å². The Balaban J connectivity index is 2.78. The Kier molecular flexibility index (Phi) is 2.86. The number of hydrogen-bond donors (Lipinski definition) is 1. The molecule has 0 unspecified atom stereocenters. The van der Waals surface area contributed by atoms with E-state index in [1.165, 1.54) is 0 Å². The van der Waals surface area contributed by atoms with Crippen molar-refractivity contribution in [1.29, 1.82) is 0 Å². The molecule has 1 rings (SSSR count). The summed E-state index contributed by atoms with van der Waals surface area (Å²) in [7, 11) is 0. The van der Waals surface area contributed by atoms with Gasteiger partial charge >= 0.3 is 0 Å². The summed E-state index contributed by atoms with van der Waals surface area (Å²) in [6.07, 6.45) is 0. The van der Waals surface area contributed by atoms with Crippen LogP contribution in [0.25, 0.3) is 0 Å². The van der Waals surface area contributed by atoms with Crippen molar-refractivity contribution >= 4 is 11.5 Å². The molecule has 0 aliphatic heterocycles. The summed E-state index contributed by atoms with van der Waals surface area (Å²) in [5.74, 6) is 0.0781. The van der Waals surface area contributed by atoms with E-state index < -0.39 is 0 Å². The van der Waals surface area contributed by atoms with Crippen LogP contribution in [0.1, 0.15) is 24.2 Å². The van der Waals surface area contributed by atoms with Gasteiger partial charge in [-0.05, 0) is 32.0 Å². The van der Waals surface area contributed by atoms with E-state index in [9.17, 15) is 4.79 Å². The van der Waals surface area contributed by atoms with Crippen LogP contribution in [0.3, 0.4) is 0 Å². The van der Waals surface area contributed by atoms with Gasteiger partial charge in [-0.25, -0.2) is 0 Å². The minimum atomic E-state index is 0.0781. The fourth-order valence-electron chi connectivity index (χ4n) is 0.944. The van der Waals surface area contributed by atoms with Crippen LogP contribution in [-0.4, -0.2) is 12.3 Å². The van der Waals surface area contributed by atoms with Crippen molar-refractivity contribution in [3.63, 3.8) is 0 Å². The summed E-state index contributed by atoms with van der Waals surface area (Å²) in [4.78, 5) is 10.9. The first-order valence-electron chi connectivity index (χ1n) is 4.00. The fraction of sp³-hybridized carbons (Fsp3) is 0.300. The lowest BCUT2D eigenvalue weighted by atomic mass is 10.1. The molecule has 0 saturated carbocycles. The molecule has 1 aromatic rings. The maximum Gasteiger partial charge on any atom is 0.159 e. The second-order valence-electron chi connectivity index (χ2n) is 2.58. The molecule has 0 amide bonds. The average molecular weight is 162 g/mol. The topological polar surface area (TPSA) is 29.1 Å². The molecule has 1 radical (unpaired) electrons. The van der Waals surface area contributed by atoms with Crippen LogP contribution < -0.4 is 5.32 Å². The molecule has 2 heteroatoms. The standard InChI is InChI=1S/C10H12NO/c1-3-11-10-6-4-9(5-7-10)8(2)12/h4-6,11H,3H2,1-2H3. The molecule has 0 spiro atoms. The molecular weight excluding hydrogens is 150 g/mol. The number of rotatable bonds is 3. The number of carbonyl (C=O) groups is 1. The monoisotopic (exact) mass is 162 g/mol. The number of anilines is 1. The fourth-order valence-corrected chi connectivity index (χ4v) is 0.944. The molecular formula is C10H12NO. The van der Waals surface area contributed by atoms with Gasteiger partial charge in [-0.1, -0.05) is 0 Å². The third-order valence-corrected chi connectivity index (χ3v) is 1.59. The van der Waals surface area contributed by atoms with Gasteiger partial charge in [0, 0.05) is 23.9 Å². The average Bonchev–Trinajstić information content (AvgIpc) is 2.06. The first kappa shape index (κ1) is 8.78. The van der Waals surface area contributed by atoms with Gasteiger partial charge in [0.1, 0.15) is 0 Å². The summed E-state index contributed by atoms with van der Waals surface area (Å²) < 4.78 is 0. The van der Waals surface area contributed by atoms with Crippen molar-refractivity contribution in [1.82, 2.24) is 0 Å². The number of benzene rings is 1. The molecule has 12 heavy (non-hydrogen) atoms. The van der Waals surface area contributed by atoms with Gasteiger partial charge in [-0.3, -0.25) is 4.79 Å². The summed E-state index contributed by atoms with van der Waals surface area (Å²) in [5.41, 5.74) is 1.64. The van der Waals surface area contributed by atoms with E-state index in [2.05, 4.69) is 11.4 Å². The highest BCUT2D eigenvalue weighted by atomic mass is 16.1. The lowest BCUT2D eigenvalue weighted by molar-refractivity contribution is 0.101. The molecule has 2 nitrogen and oxygen atoms in total. The Bertz CT molecular complexity index is 264. The zero-order valence-electron chi connectivity index (χ0n) is 7.35. The van der Waals surface area contributed by atoms with Crippen molar-refractivity contribution < 1.29 is 4.79 Å². The zero-order valence-corrected chi connectivity index (χ0v) is 7.35. The predicted molar refractivity (Wildman–Crippen MR) is 49.4 cm³/mol. The molecule has 0 fully saturated rings. The van der Waals surface area contributed by atoms with E-state index in [0.29, 0.717) is 5.56 Å². The van der Waals surface area contributed by atoms with E-state index in [0.717, 1.165) is 12.2 Å². The minimum Gasteiger partial charge on any atom is -0.385 e. The molecule has 0 atom stereocenters. The van der Waals surface area contributed by atoms with Gasteiger partial charge in [-0.15, -0.1) is 0 Å². The number of hydrogen-bond acceptors (Lipinski definition) is 2. The molecule has 1 N–H and O–H groups in total. The molecule has 0 aliphatic rings. The maximum absolute atomic E-state index is 10.9. The molecule has 0 heterocycles.